The normalized spacial score (nSPS) is 19.6. The van der Waals surface area contributed by atoms with Gasteiger partial charge in [0.1, 0.15) is 0 Å². The number of nitrogen functional groups attached to an aromatic ring is 1. The van der Waals surface area contributed by atoms with Gasteiger partial charge in [-0.05, 0) is 13.8 Å². The standard InChI is InChI=1S/C9H14N6O4S/c1-9(2)8(17)15(20(9,18)19)4-3-14-5-6(12-13-14)7(16)11-10/h5H,3-4,10H2,1-2H3,(H,11,16). The van der Waals surface area contributed by atoms with Gasteiger partial charge in [-0.3, -0.25) is 15.0 Å². The zero-order valence-corrected chi connectivity index (χ0v) is 11.7. The molecule has 0 bridgehead atoms. The number of carbonyl (C=O) groups excluding carboxylic acids is 2. The van der Waals surface area contributed by atoms with E-state index in [1.165, 1.54) is 24.7 Å². The molecule has 0 atom stereocenters. The lowest BCUT2D eigenvalue weighted by molar-refractivity contribution is -0.132. The van der Waals surface area contributed by atoms with Gasteiger partial charge in [0.15, 0.2) is 10.4 Å². The first-order chi connectivity index (χ1) is 9.21. The van der Waals surface area contributed by atoms with Crippen LogP contribution >= 0.6 is 0 Å². The van der Waals surface area contributed by atoms with Crippen LogP contribution < -0.4 is 11.3 Å². The highest BCUT2D eigenvalue weighted by Crippen LogP contribution is 2.34. The van der Waals surface area contributed by atoms with Crippen molar-refractivity contribution in [3.63, 3.8) is 0 Å². The Hall–Kier alpha value is -2.01. The van der Waals surface area contributed by atoms with E-state index in [2.05, 4.69) is 10.3 Å². The zero-order valence-electron chi connectivity index (χ0n) is 10.9. The maximum Gasteiger partial charge on any atom is 0.287 e. The molecule has 0 radical (unpaired) electrons. The molecule has 11 heteroatoms. The monoisotopic (exact) mass is 302 g/mol. The van der Waals surface area contributed by atoms with Crippen LogP contribution in [0.2, 0.25) is 0 Å². The summed E-state index contributed by atoms with van der Waals surface area (Å²) in [5.41, 5.74) is 1.90. The number of rotatable bonds is 4. The maximum absolute atomic E-state index is 11.8. The van der Waals surface area contributed by atoms with E-state index < -0.39 is 26.6 Å². The predicted octanol–water partition coefficient (Wildman–Crippen LogP) is -2.17. The number of nitrogens with zero attached hydrogens (tertiary/aromatic N) is 4. The quantitative estimate of drug-likeness (QED) is 0.366. The van der Waals surface area contributed by atoms with Crippen molar-refractivity contribution < 1.29 is 18.0 Å². The van der Waals surface area contributed by atoms with E-state index in [1.54, 1.807) is 0 Å². The lowest BCUT2D eigenvalue weighted by Crippen LogP contribution is -2.67. The molecule has 1 aliphatic rings. The Bertz CT molecular complexity index is 664. The van der Waals surface area contributed by atoms with Crippen molar-refractivity contribution >= 4 is 21.8 Å². The number of sulfonamides is 1. The largest absolute Gasteiger partial charge is 0.289 e. The van der Waals surface area contributed by atoms with Gasteiger partial charge in [-0.15, -0.1) is 5.10 Å². The molecule has 3 N–H and O–H groups in total. The molecule has 1 fully saturated rings. The lowest BCUT2D eigenvalue weighted by Gasteiger charge is -2.42. The SMILES string of the molecule is CC1(C)C(=O)N(CCn2cc(C(=O)NN)nn2)S1(=O)=O. The number of hydrogen-bond acceptors (Lipinski definition) is 7. The van der Waals surface area contributed by atoms with Crippen molar-refractivity contribution in [2.45, 2.75) is 25.1 Å². The molecular formula is C9H14N6O4S. The Kier molecular flexibility index (Phi) is 3.26. The zero-order chi connectivity index (χ0) is 15.1. The minimum absolute atomic E-state index is 0.00521. The Morgan fingerprint density at radius 2 is 2.10 bits per heavy atom. The van der Waals surface area contributed by atoms with Crippen LogP contribution in [0.1, 0.15) is 24.3 Å². The fourth-order valence-corrected chi connectivity index (χ4v) is 3.28. The van der Waals surface area contributed by atoms with Crippen molar-refractivity contribution in [1.82, 2.24) is 24.7 Å². The van der Waals surface area contributed by atoms with Gasteiger partial charge in [0.05, 0.1) is 19.3 Å². The van der Waals surface area contributed by atoms with Crippen LogP contribution in [0.4, 0.5) is 0 Å². The number of nitrogens with two attached hydrogens (primary N) is 1. The van der Waals surface area contributed by atoms with E-state index in [4.69, 9.17) is 5.84 Å². The number of hydrogen-bond donors (Lipinski definition) is 2. The number of amides is 2. The minimum atomic E-state index is -3.61. The van der Waals surface area contributed by atoms with Crippen LogP contribution in [0.15, 0.2) is 6.20 Å². The first kappa shape index (κ1) is 14.4. The summed E-state index contributed by atoms with van der Waals surface area (Å²) < 4.78 is 24.4. The third-order valence-electron chi connectivity index (χ3n) is 3.11. The molecule has 2 rings (SSSR count). The molecule has 0 spiro atoms. The van der Waals surface area contributed by atoms with E-state index in [9.17, 15) is 18.0 Å². The molecule has 1 aliphatic heterocycles. The van der Waals surface area contributed by atoms with E-state index in [1.807, 2.05) is 5.43 Å². The Balaban J connectivity index is 2.02. The summed E-state index contributed by atoms with van der Waals surface area (Å²) in [6, 6.07) is 0. The topological polar surface area (TPSA) is 140 Å². The third-order valence-corrected chi connectivity index (χ3v) is 5.50. The molecule has 110 valence electrons. The Morgan fingerprint density at radius 3 is 2.65 bits per heavy atom. The average Bonchev–Trinajstić information content (AvgIpc) is 2.86. The van der Waals surface area contributed by atoms with E-state index in [0.29, 0.717) is 0 Å². The van der Waals surface area contributed by atoms with Crippen molar-refractivity contribution in [2.24, 2.45) is 5.84 Å². The van der Waals surface area contributed by atoms with Gasteiger partial charge >= 0.3 is 0 Å². The number of aromatic nitrogens is 3. The van der Waals surface area contributed by atoms with Gasteiger partial charge < -0.3 is 0 Å². The van der Waals surface area contributed by atoms with Gasteiger partial charge in [0.25, 0.3) is 21.8 Å². The summed E-state index contributed by atoms with van der Waals surface area (Å²) in [5.74, 6) is 3.87. The smallest absolute Gasteiger partial charge is 0.287 e. The van der Waals surface area contributed by atoms with E-state index >= 15 is 0 Å². The number of carbonyl (C=O) groups is 2. The summed E-state index contributed by atoms with van der Waals surface area (Å²) in [5, 5.41) is 7.20. The molecule has 2 amide bonds. The highest BCUT2D eigenvalue weighted by molar-refractivity contribution is 7.94. The molecule has 0 saturated carbocycles. The molecule has 10 nitrogen and oxygen atoms in total. The Morgan fingerprint density at radius 1 is 1.45 bits per heavy atom. The second-order valence-corrected chi connectivity index (χ2v) is 7.14. The first-order valence-electron chi connectivity index (χ1n) is 5.69. The molecule has 20 heavy (non-hydrogen) atoms. The third kappa shape index (κ3) is 1.94. The fourth-order valence-electron chi connectivity index (χ4n) is 1.76. The van der Waals surface area contributed by atoms with E-state index in [-0.39, 0.29) is 18.8 Å². The molecule has 0 aromatic carbocycles. The molecule has 1 aromatic heterocycles. The van der Waals surface area contributed by atoms with Gasteiger partial charge in [0, 0.05) is 0 Å². The first-order valence-corrected chi connectivity index (χ1v) is 7.13. The summed E-state index contributed by atoms with van der Waals surface area (Å²) >= 11 is 0. The van der Waals surface area contributed by atoms with Crippen LogP contribution in [0.5, 0.6) is 0 Å². The summed E-state index contributed by atoms with van der Waals surface area (Å²) in [6.45, 7) is 2.77. The summed E-state index contributed by atoms with van der Waals surface area (Å²) in [7, 11) is -3.61. The number of nitrogens with one attached hydrogen (secondary N) is 1. The van der Waals surface area contributed by atoms with Gasteiger partial charge in [-0.1, -0.05) is 5.21 Å². The second-order valence-electron chi connectivity index (χ2n) is 4.73. The van der Waals surface area contributed by atoms with Crippen LogP contribution in [0, 0.1) is 0 Å². The predicted molar refractivity (Wildman–Crippen MR) is 66.4 cm³/mol. The van der Waals surface area contributed by atoms with Crippen LogP contribution in [-0.4, -0.2) is 50.8 Å². The van der Waals surface area contributed by atoms with Crippen molar-refractivity contribution in [3.8, 4) is 0 Å². The molecule has 2 heterocycles. The molecule has 0 aliphatic carbocycles. The van der Waals surface area contributed by atoms with Crippen LogP contribution in [0.3, 0.4) is 0 Å². The highest BCUT2D eigenvalue weighted by Gasteiger charge is 2.59. The minimum Gasteiger partial charge on any atom is -0.289 e. The van der Waals surface area contributed by atoms with Gasteiger partial charge in [-0.25, -0.2) is 23.2 Å². The fraction of sp³-hybridized carbons (Fsp3) is 0.556. The summed E-state index contributed by atoms with van der Waals surface area (Å²) in [6.07, 6.45) is 1.31. The molecule has 0 unspecified atom stereocenters. The molecule has 1 aromatic rings. The lowest BCUT2D eigenvalue weighted by atomic mass is 10.2. The molecule has 1 saturated heterocycles. The van der Waals surface area contributed by atoms with Crippen LogP contribution in [-0.2, 0) is 21.4 Å². The van der Waals surface area contributed by atoms with Crippen molar-refractivity contribution in [1.29, 1.82) is 0 Å². The van der Waals surface area contributed by atoms with Gasteiger partial charge in [-0.2, -0.15) is 0 Å². The van der Waals surface area contributed by atoms with Crippen molar-refractivity contribution in [2.75, 3.05) is 6.54 Å². The highest BCUT2D eigenvalue weighted by atomic mass is 32.2. The maximum atomic E-state index is 11.8. The van der Waals surface area contributed by atoms with Crippen molar-refractivity contribution in [3.05, 3.63) is 11.9 Å². The average molecular weight is 302 g/mol. The Labute approximate surface area is 114 Å². The number of hydrazine groups is 1. The van der Waals surface area contributed by atoms with Crippen LogP contribution in [0.25, 0.3) is 0 Å². The van der Waals surface area contributed by atoms with E-state index in [0.717, 1.165) is 4.31 Å². The summed E-state index contributed by atoms with van der Waals surface area (Å²) in [4.78, 5) is 22.9. The second kappa shape index (κ2) is 4.52. The van der Waals surface area contributed by atoms with Gasteiger partial charge in [0.2, 0.25) is 0 Å². The molecular weight excluding hydrogens is 288 g/mol.